The van der Waals surface area contributed by atoms with E-state index in [2.05, 4.69) is 0 Å². The van der Waals surface area contributed by atoms with Crippen LogP contribution in [0.4, 0.5) is 0 Å². The van der Waals surface area contributed by atoms with E-state index < -0.39 is 23.9 Å². The van der Waals surface area contributed by atoms with Crippen molar-refractivity contribution in [2.45, 2.75) is 56.9 Å². The van der Waals surface area contributed by atoms with Crippen LogP contribution in [0.5, 0.6) is 0 Å². The molecule has 0 aromatic rings. The van der Waals surface area contributed by atoms with Gasteiger partial charge in [-0.15, -0.1) is 0 Å². The number of carbonyl (C=O) groups excluding carboxylic acids is 1. The number of carbonyl (C=O) groups is 1. The van der Waals surface area contributed by atoms with Crippen LogP contribution in [-0.4, -0.2) is 46.2 Å². The molecule has 5 nitrogen and oxygen atoms in total. The number of aliphatic hydroxyl groups excluding tert-OH is 1. The van der Waals surface area contributed by atoms with Gasteiger partial charge < -0.3 is 19.7 Å². The third-order valence-corrected chi connectivity index (χ3v) is 3.20. The highest BCUT2D eigenvalue weighted by Crippen LogP contribution is 2.37. The van der Waals surface area contributed by atoms with E-state index in [1.807, 2.05) is 0 Å². The van der Waals surface area contributed by atoms with Crippen LogP contribution in [0.25, 0.3) is 0 Å². The Morgan fingerprint density at radius 1 is 1.40 bits per heavy atom. The second kappa shape index (κ2) is 3.52. The van der Waals surface area contributed by atoms with E-state index in [1.165, 1.54) is 6.92 Å². The largest absolute Gasteiger partial charge is 0.390 e. The molecule has 2 aliphatic rings. The molecule has 0 spiro atoms. The first kappa shape index (κ1) is 11.0. The Kier molecular flexibility index (Phi) is 2.58. The third kappa shape index (κ3) is 1.80. The minimum atomic E-state index is -1.46. The Morgan fingerprint density at radius 3 is 2.67 bits per heavy atom. The molecule has 0 aromatic carbocycles. The molecule has 2 N–H and O–H groups in total. The lowest BCUT2D eigenvalue weighted by Crippen LogP contribution is -2.54. The molecule has 1 aliphatic carbocycles. The van der Waals surface area contributed by atoms with Gasteiger partial charge in [0, 0.05) is 12.8 Å². The lowest BCUT2D eigenvalue weighted by molar-refractivity contribution is -0.153. The number of rotatable bonds is 1. The van der Waals surface area contributed by atoms with E-state index in [0.29, 0.717) is 0 Å². The van der Waals surface area contributed by atoms with E-state index in [0.717, 1.165) is 0 Å². The van der Waals surface area contributed by atoms with Crippen molar-refractivity contribution >= 4 is 5.78 Å². The highest BCUT2D eigenvalue weighted by atomic mass is 16.7. The fraction of sp³-hybridized carbons (Fsp3) is 0.900. The van der Waals surface area contributed by atoms with Crippen molar-refractivity contribution in [2.24, 2.45) is 0 Å². The molecule has 1 saturated carbocycles. The van der Waals surface area contributed by atoms with Crippen molar-refractivity contribution in [3.05, 3.63) is 0 Å². The predicted octanol–water partition coefficient (Wildman–Crippen LogP) is -0.409. The first-order valence-electron chi connectivity index (χ1n) is 5.15. The molecule has 0 amide bonds. The van der Waals surface area contributed by atoms with E-state index in [9.17, 15) is 15.0 Å². The Morgan fingerprint density at radius 2 is 2.07 bits per heavy atom. The standard InChI is InChI=1S/C10H16O5/c1-5(11)10(13)3-7(12)9-8(4-10)14-6(2)15-9/h6-9,12-13H,3-4H2,1-2H3/t6?,7-,8-,9+,10-/m1/s1. The summed E-state index contributed by atoms with van der Waals surface area (Å²) in [6, 6.07) is 0. The van der Waals surface area contributed by atoms with Crippen LogP contribution < -0.4 is 0 Å². The summed E-state index contributed by atoms with van der Waals surface area (Å²) in [5.74, 6) is -0.330. The second-order valence-corrected chi connectivity index (χ2v) is 4.41. The van der Waals surface area contributed by atoms with Gasteiger partial charge in [0.15, 0.2) is 12.1 Å². The summed E-state index contributed by atoms with van der Waals surface area (Å²) in [5, 5.41) is 19.8. The van der Waals surface area contributed by atoms with Gasteiger partial charge in [-0.25, -0.2) is 0 Å². The van der Waals surface area contributed by atoms with Crippen molar-refractivity contribution in [1.29, 1.82) is 0 Å². The van der Waals surface area contributed by atoms with Crippen LogP contribution in [0.2, 0.25) is 0 Å². The van der Waals surface area contributed by atoms with Gasteiger partial charge in [0.2, 0.25) is 0 Å². The summed E-state index contributed by atoms with van der Waals surface area (Å²) in [4.78, 5) is 11.3. The maximum Gasteiger partial charge on any atom is 0.161 e. The number of aliphatic hydroxyl groups is 2. The van der Waals surface area contributed by atoms with Crippen molar-refractivity contribution in [3.63, 3.8) is 0 Å². The molecule has 1 unspecified atom stereocenters. The van der Waals surface area contributed by atoms with Crippen LogP contribution in [0.1, 0.15) is 26.7 Å². The van der Waals surface area contributed by atoms with Gasteiger partial charge in [-0.3, -0.25) is 4.79 Å². The molecule has 0 radical (unpaired) electrons. The molecular formula is C10H16O5. The van der Waals surface area contributed by atoms with Crippen molar-refractivity contribution < 1.29 is 24.5 Å². The molecule has 1 aliphatic heterocycles. The summed E-state index contributed by atoms with van der Waals surface area (Å²) < 4.78 is 10.7. The lowest BCUT2D eigenvalue weighted by atomic mass is 9.77. The van der Waals surface area contributed by atoms with Crippen molar-refractivity contribution in [1.82, 2.24) is 0 Å². The molecule has 15 heavy (non-hydrogen) atoms. The first-order valence-corrected chi connectivity index (χ1v) is 5.15. The number of ketones is 1. The first-order chi connectivity index (χ1) is 6.92. The molecule has 0 aromatic heterocycles. The molecular weight excluding hydrogens is 200 g/mol. The molecule has 86 valence electrons. The molecule has 1 saturated heterocycles. The maximum absolute atomic E-state index is 11.3. The Bertz CT molecular complexity index is 279. The van der Waals surface area contributed by atoms with Crippen LogP contribution >= 0.6 is 0 Å². The summed E-state index contributed by atoms with van der Waals surface area (Å²) in [6.45, 7) is 3.06. The van der Waals surface area contributed by atoms with E-state index in [-0.39, 0.29) is 24.9 Å². The predicted molar refractivity (Wildman–Crippen MR) is 50.1 cm³/mol. The number of Topliss-reactive ketones (excluding diaryl/α,β-unsaturated/α-hetero) is 1. The average Bonchev–Trinajstić information content (AvgIpc) is 2.45. The smallest absolute Gasteiger partial charge is 0.161 e. The highest BCUT2D eigenvalue weighted by molar-refractivity contribution is 5.84. The summed E-state index contributed by atoms with van der Waals surface area (Å²) in [7, 11) is 0. The fourth-order valence-electron chi connectivity index (χ4n) is 2.33. The molecule has 2 fully saturated rings. The van der Waals surface area contributed by atoms with Crippen LogP contribution in [0.3, 0.4) is 0 Å². The number of ether oxygens (including phenoxy) is 2. The third-order valence-electron chi connectivity index (χ3n) is 3.20. The summed E-state index contributed by atoms with van der Waals surface area (Å²) >= 11 is 0. The molecule has 5 heteroatoms. The topological polar surface area (TPSA) is 76.0 Å². The number of hydrogen-bond donors (Lipinski definition) is 2. The number of hydrogen-bond acceptors (Lipinski definition) is 5. The highest BCUT2D eigenvalue weighted by Gasteiger charge is 2.52. The van der Waals surface area contributed by atoms with Gasteiger partial charge in [0.25, 0.3) is 0 Å². The van der Waals surface area contributed by atoms with Gasteiger partial charge in [-0.05, 0) is 13.8 Å². The zero-order valence-corrected chi connectivity index (χ0v) is 8.84. The van der Waals surface area contributed by atoms with Crippen LogP contribution in [0.15, 0.2) is 0 Å². The zero-order valence-electron chi connectivity index (χ0n) is 8.84. The fourth-order valence-corrected chi connectivity index (χ4v) is 2.33. The van der Waals surface area contributed by atoms with E-state index >= 15 is 0 Å². The van der Waals surface area contributed by atoms with Crippen molar-refractivity contribution in [2.75, 3.05) is 0 Å². The summed E-state index contributed by atoms with van der Waals surface area (Å²) in [5.41, 5.74) is -1.46. The monoisotopic (exact) mass is 216 g/mol. The van der Waals surface area contributed by atoms with Crippen LogP contribution in [-0.2, 0) is 14.3 Å². The minimum Gasteiger partial charge on any atom is -0.390 e. The Balaban J connectivity index is 2.16. The minimum absolute atomic E-state index is 0.0274. The molecule has 0 bridgehead atoms. The van der Waals surface area contributed by atoms with Crippen molar-refractivity contribution in [3.8, 4) is 0 Å². The van der Waals surface area contributed by atoms with Gasteiger partial charge in [-0.1, -0.05) is 0 Å². The SMILES string of the molecule is CC(=O)[C@@]1(O)C[C@@H](O)[C@@H]2OC(C)O[C@@H]2C1. The van der Waals surface area contributed by atoms with Gasteiger partial charge in [0.1, 0.15) is 11.7 Å². The quantitative estimate of drug-likeness (QED) is 0.623. The zero-order chi connectivity index (χ0) is 11.2. The Hall–Kier alpha value is -0.490. The normalized spacial score (nSPS) is 50.1. The van der Waals surface area contributed by atoms with E-state index in [1.54, 1.807) is 6.92 Å². The second-order valence-electron chi connectivity index (χ2n) is 4.41. The van der Waals surface area contributed by atoms with Gasteiger partial charge in [-0.2, -0.15) is 0 Å². The summed E-state index contributed by atoms with van der Waals surface area (Å²) in [6.07, 6.45) is -1.81. The van der Waals surface area contributed by atoms with Crippen LogP contribution in [0, 0.1) is 0 Å². The number of fused-ring (bicyclic) bond motifs is 1. The average molecular weight is 216 g/mol. The van der Waals surface area contributed by atoms with Gasteiger partial charge in [0.05, 0.1) is 12.2 Å². The molecule has 2 rings (SSSR count). The lowest BCUT2D eigenvalue weighted by Gasteiger charge is -2.38. The molecule has 5 atom stereocenters. The van der Waals surface area contributed by atoms with Gasteiger partial charge >= 0.3 is 0 Å². The Labute approximate surface area is 88.0 Å². The van der Waals surface area contributed by atoms with E-state index in [4.69, 9.17) is 9.47 Å². The molecule has 1 heterocycles. The maximum atomic E-state index is 11.3.